The van der Waals surface area contributed by atoms with Gasteiger partial charge >= 0.3 is 0 Å². The molecule has 0 radical (unpaired) electrons. The highest BCUT2D eigenvalue weighted by Crippen LogP contribution is 2.28. The number of thiazole rings is 1. The van der Waals surface area contributed by atoms with Crippen LogP contribution in [-0.4, -0.2) is 32.6 Å². The van der Waals surface area contributed by atoms with Gasteiger partial charge in [-0.2, -0.15) is 0 Å². The van der Waals surface area contributed by atoms with Gasteiger partial charge in [0.1, 0.15) is 0 Å². The van der Waals surface area contributed by atoms with E-state index in [2.05, 4.69) is 22.5 Å². The summed E-state index contributed by atoms with van der Waals surface area (Å²) in [5, 5.41) is 5.30. The molecule has 1 aliphatic carbocycles. The van der Waals surface area contributed by atoms with E-state index in [1.807, 2.05) is 17.5 Å². The molecule has 0 aliphatic heterocycles. The highest BCUT2D eigenvalue weighted by molar-refractivity contribution is 7.92. The highest BCUT2D eigenvalue weighted by Gasteiger charge is 2.16. The number of sulfonamides is 1. The second-order valence-corrected chi connectivity index (χ2v) is 9.21. The lowest BCUT2D eigenvalue weighted by Gasteiger charge is -2.16. The molecule has 0 unspecified atom stereocenters. The average Bonchev–Trinajstić information content (AvgIpc) is 3.25. The molecule has 0 fully saturated rings. The van der Waals surface area contributed by atoms with Crippen molar-refractivity contribution in [1.82, 2.24) is 4.98 Å². The summed E-state index contributed by atoms with van der Waals surface area (Å²) < 4.78 is 24.4. The van der Waals surface area contributed by atoms with Crippen molar-refractivity contribution in [3.63, 3.8) is 0 Å². The molecule has 0 saturated carbocycles. The van der Waals surface area contributed by atoms with Crippen LogP contribution >= 0.6 is 11.3 Å². The molecule has 1 N–H and O–H groups in total. The molecule has 1 amide bonds. The van der Waals surface area contributed by atoms with Crippen LogP contribution in [0.2, 0.25) is 0 Å². The van der Waals surface area contributed by atoms with Crippen LogP contribution in [0.3, 0.4) is 0 Å². The maximum atomic E-state index is 12.1. The van der Waals surface area contributed by atoms with E-state index < -0.39 is 10.0 Å². The van der Waals surface area contributed by atoms with E-state index in [4.69, 9.17) is 0 Å². The Morgan fingerprint density at radius 2 is 2.08 bits per heavy atom. The summed E-state index contributed by atoms with van der Waals surface area (Å²) in [4.78, 5) is 16.5. The molecule has 1 aliphatic rings. The molecule has 0 spiro atoms. The topological polar surface area (TPSA) is 79.4 Å². The van der Waals surface area contributed by atoms with E-state index in [1.165, 1.54) is 22.7 Å². The van der Waals surface area contributed by atoms with Crippen molar-refractivity contribution >= 4 is 38.1 Å². The van der Waals surface area contributed by atoms with Crippen molar-refractivity contribution in [3.8, 4) is 11.3 Å². The lowest BCUT2D eigenvalue weighted by atomic mass is 10.1. The minimum atomic E-state index is -3.29. The number of rotatable bonds is 6. The number of carbonyl (C=O) groups is 1. The van der Waals surface area contributed by atoms with Crippen LogP contribution in [-0.2, 0) is 14.8 Å². The summed E-state index contributed by atoms with van der Waals surface area (Å²) in [6.07, 6.45) is 7.94. The second kappa shape index (κ2) is 7.59. The lowest BCUT2D eigenvalue weighted by Crippen LogP contribution is -2.24. The number of aromatic nitrogens is 1. The number of carbonyl (C=O) groups excluding carboxylic acids is 1. The molecular weight excluding hydrogens is 370 g/mol. The van der Waals surface area contributed by atoms with Crippen LogP contribution in [0.1, 0.15) is 19.3 Å². The van der Waals surface area contributed by atoms with Gasteiger partial charge in [0.05, 0.1) is 17.6 Å². The predicted octanol–water partition coefficient (Wildman–Crippen LogP) is 3.50. The Morgan fingerprint density at radius 3 is 2.69 bits per heavy atom. The zero-order valence-corrected chi connectivity index (χ0v) is 16.3. The van der Waals surface area contributed by atoms with Crippen molar-refractivity contribution in [2.24, 2.45) is 5.92 Å². The Morgan fingerprint density at radius 1 is 1.35 bits per heavy atom. The fraction of sp³-hybridized carbons (Fsp3) is 0.333. The molecule has 1 aromatic heterocycles. The zero-order valence-electron chi connectivity index (χ0n) is 14.7. The van der Waals surface area contributed by atoms with Crippen molar-refractivity contribution in [2.45, 2.75) is 19.3 Å². The average molecular weight is 392 g/mol. The smallest absolute Gasteiger partial charge is 0.231 e. The molecule has 2 aromatic rings. The first-order valence-electron chi connectivity index (χ1n) is 8.29. The normalized spacial score (nSPS) is 16.6. The van der Waals surface area contributed by atoms with Gasteiger partial charge in [-0.25, -0.2) is 13.4 Å². The summed E-state index contributed by atoms with van der Waals surface area (Å²) in [5.41, 5.74) is 2.20. The van der Waals surface area contributed by atoms with E-state index in [0.29, 0.717) is 23.2 Å². The number of allylic oxidation sites excluding steroid dienone is 2. The minimum Gasteiger partial charge on any atom is -0.302 e. The van der Waals surface area contributed by atoms with Gasteiger partial charge in [-0.05, 0) is 30.9 Å². The minimum absolute atomic E-state index is 0.0208. The van der Waals surface area contributed by atoms with Gasteiger partial charge in [-0.15, -0.1) is 11.3 Å². The Balaban J connectivity index is 1.65. The number of hydrogen-bond acceptors (Lipinski definition) is 5. The summed E-state index contributed by atoms with van der Waals surface area (Å²) >= 11 is 1.38. The van der Waals surface area contributed by atoms with Crippen LogP contribution in [0.15, 0.2) is 41.8 Å². The van der Waals surface area contributed by atoms with Crippen molar-refractivity contribution in [2.75, 3.05) is 22.9 Å². The van der Waals surface area contributed by atoms with E-state index >= 15 is 0 Å². The van der Waals surface area contributed by atoms with Gasteiger partial charge in [0.25, 0.3) is 0 Å². The van der Waals surface area contributed by atoms with Crippen molar-refractivity contribution in [3.05, 3.63) is 41.8 Å². The third-order valence-corrected chi connectivity index (χ3v) is 6.30. The zero-order chi connectivity index (χ0) is 18.7. The largest absolute Gasteiger partial charge is 0.302 e. The summed E-state index contributed by atoms with van der Waals surface area (Å²) in [7, 11) is -1.77. The lowest BCUT2D eigenvalue weighted by molar-refractivity contribution is -0.116. The molecular formula is C18H21N3O3S2. The third kappa shape index (κ3) is 4.50. The monoisotopic (exact) mass is 391 g/mol. The summed E-state index contributed by atoms with van der Waals surface area (Å²) in [6.45, 7) is 0. The highest BCUT2D eigenvalue weighted by atomic mass is 32.2. The number of anilines is 2. The van der Waals surface area contributed by atoms with E-state index in [1.54, 1.807) is 12.1 Å². The molecule has 8 heteroatoms. The number of hydrogen-bond donors (Lipinski definition) is 1. The molecule has 0 bridgehead atoms. The molecule has 1 atom stereocenters. The number of nitrogens with one attached hydrogen (secondary N) is 1. The van der Waals surface area contributed by atoms with Crippen LogP contribution < -0.4 is 9.62 Å². The Labute approximate surface area is 157 Å². The number of benzene rings is 1. The fourth-order valence-corrected chi connectivity index (χ4v) is 4.01. The second-order valence-electron chi connectivity index (χ2n) is 6.33. The Hall–Kier alpha value is -2.19. The van der Waals surface area contributed by atoms with E-state index in [-0.39, 0.29) is 5.91 Å². The SMILES string of the molecule is CN(c1ccc(-c2csc(NC(=O)C[C@@H]3C=CCC3)n2)cc1)S(C)(=O)=O. The van der Waals surface area contributed by atoms with E-state index in [9.17, 15) is 13.2 Å². The van der Waals surface area contributed by atoms with Gasteiger partial charge in [0.2, 0.25) is 15.9 Å². The first-order valence-corrected chi connectivity index (χ1v) is 11.0. The van der Waals surface area contributed by atoms with Gasteiger partial charge in [0, 0.05) is 24.4 Å². The molecule has 26 heavy (non-hydrogen) atoms. The van der Waals surface area contributed by atoms with Gasteiger partial charge in [-0.1, -0.05) is 24.3 Å². The first kappa shape index (κ1) is 18.6. The first-order chi connectivity index (χ1) is 12.3. The summed E-state index contributed by atoms with van der Waals surface area (Å²) in [5.74, 6) is 0.307. The van der Waals surface area contributed by atoms with Gasteiger partial charge < -0.3 is 5.32 Å². The molecule has 3 rings (SSSR count). The predicted molar refractivity (Wildman–Crippen MR) is 106 cm³/mol. The molecule has 1 heterocycles. The Bertz CT molecular complexity index is 917. The van der Waals surface area contributed by atoms with Gasteiger partial charge in [0.15, 0.2) is 5.13 Å². The molecule has 0 saturated heterocycles. The molecule has 1 aromatic carbocycles. The number of amides is 1. The molecule has 6 nitrogen and oxygen atoms in total. The van der Waals surface area contributed by atoms with Crippen LogP contribution in [0, 0.1) is 5.92 Å². The molecule has 138 valence electrons. The fourth-order valence-electron chi connectivity index (χ4n) is 2.77. The van der Waals surface area contributed by atoms with Crippen LogP contribution in [0.4, 0.5) is 10.8 Å². The third-order valence-electron chi connectivity index (χ3n) is 4.33. The van der Waals surface area contributed by atoms with Gasteiger partial charge in [-0.3, -0.25) is 9.10 Å². The standard InChI is InChI=1S/C18H21N3O3S2/c1-21(26(2,23)24)15-9-7-14(8-10-15)16-12-25-18(19-16)20-17(22)11-13-5-3-4-6-13/h3,5,7-10,12-13H,4,6,11H2,1-2H3,(H,19,20,22)/t13-/m1/s1. The van der Waals surface area contributed by atoms with Crippen molar-refractivity contribution in [1.29, 1.82) is 0 Å². The van der Waals surface area contributed by atoms with Crippen LogP contribution in [0.25, 0.3) is 11.3 Å². The van der Waals surface area contributed by atoms with Crippen LogP contribution in [0.5, 0.6) is 0 Å². The maximum absolute atomic E-state index is 12.1. The van der Waals surface area contributed by atoms with Crippen molar-refractivity contribution < 1.29 is 13.2 Å². The summed E-state index contributed by atoms with van der Waals surface area (Å²) in [6, 6.07) is 7.11. The maximum Gasteiger partial charge on any atom is 0.231 e. The van der Waals surface area contributed by atoms with E-state index in [0.717, 1.165) is 30.4 Å². The number of nitrogens with zero attached hydrogens (tertiary/aromatic N) is 2. The quantitative estimate of drug-likeness (QED) is 0.765. The Kier molecular flexibility index (Phi) is 5.43.